The molecule has 174 valence electrons. The zero-order chi connectivity index (χ0) is 24.0. The Morgan fingerprint density at radius 2 is 1.82 bits per heavy atom. The second kappa shape index (κ2) is 10.3. The summed E-state index contributed by atoms with van der Waals surface area (Å²) < 4.78 is 44.2. The van der Waals surface area contributed by atoms with Crippen molar-refractivity contribution >= 4 is 33.8 Å². The summed E-state index contributed by atoms with van der Waals surface area (Å²) in [5.74, 6) is 0.993. The summed E-state index contributed by atoms with van der Waals surface area (Å²) in [5, 5.41) is 6.53. The maximum atomic E-state index is 13.0. The van der Waals surface area contributed by atoms with Crippen LogP contribution in [-0.2, 0) is 21.4 Å². The highest BCUT2D eigenvalue weighted by atomic mass is 32.2. The number of anilines is 1. The van der Waals surface area contributed by atoms with Crippen molar-refractivity contribution < 1.29 is 27.2 Å². The molecule has 3 rings (SSSR count). The maximum absolute atomic E-state index is 13.0. The minimum Gasteiger partial charge on any atom is -0.497 e. The molecule has 0 spiro atoms. The molecule has 0 atom stereocenters. The summed E-state index contributed by atoms with van der Waals surface area (Å²) in [6, 6.07) is 11.9. The molecule has 0 aliphatic heterocycles. The van der Waals surface area contributed by atoms with Crippen molar-refractivity contribution in [3.05, 3.63) is 65.0 Å². The van der Waals surface area contributed by atoms with E-state index in [4.69, 9.17) is 14.0 Å². The van der Waals surface area contributed by atoms with Crippen LogP contribution in [0.2, 0.25) is 0 Å². The van der Waals surface area contributed by atoms with Crippen LogP contribution in [-0.4, -0.2) is 33.7 Å². The molecule has 0 unspecified atom stereocenters. The van der Waals surface area contributed by atoms with Gasteiger partial charge in [0.05, 0.1) is 14.2 Å². The Morgan fingerprint density at radius 3 is 2.45 bits per heavy atom. The predicted octanol–water partition coefficient (Wildman–Crippen LogP) is 3.61. The molecule has 1 aromatic heterocycles. The van der Waals surface area contributed by atoms with Crippen molar-refractivity contribution in [2.45, 2.75) is 25.3 Å². The molecule has 0 aliphatic carbocycles. The Hall–Kier alpha value is -3.63. The topological polar surface area (TPSA) is 120 Å². The van der Waals surface area contributed by atoms with Gasteiger partial charge in [0.25, 0.3) is 0 Å². The van der Waals surface area contributed by atoms with Gasteiger partial charge < -0.3 is 19.3 Å². The van der Waals surface area contributed by atoms with E-state index in [-0.39, 0.29) is 23.1 Å². The largest absolute Gasteiger partial charge is 0.497 e. The summed E-state index contributed by atoms with van der Waals surface area (Å²) in [6.45, 7) is 3.20. The lowest BCUT2D eigenvalue weighted by Crippen LogP contribution is -2.23. The number of methoxy groups -OCH3 is 2. The van der Waals surface area contributed by atoms with Crippen LogP contribution in [0.4, 0.5) is 5.69 Å². The number of sulfonamides is 1. The first kappa shape index (κ1) is 24.0. The van der Waals surface area contributed by atoms with E-state index in [1.54, 1.807) is 62.6 Å². The van der Waals surface area contributed by atoms with Gasteiger partial charge in [-0.05, 0) is 48.4 Å². The van der Waals surface area contributed by atoms with E-state index in [0.29, 0.717) is 28.5 Å². The summed E-state index contributed by atoms with van der Waals surface area (Å²) in [7, 11) is -0.903. The number of amides is 1. The van der Waals surface area contributed by atoms with Crippen molar-refractivity contribution in [3.63, 3.8) is 0 Å². The van der Waals surface area contributed by atoms with Gasteiger partial charge in [0.1, 0.15) is 27.8 Å². The van der Waals surface area contributed by atoms with Crippen LogP contribution >= 0.6 is 0 Å². The Balaban J connectivity index is 1.84. The number of carbonyl (C=O) groups excluding carboxylic acids is 1. The molecule has 0 fully saturated rings. The van der Waals surface area contributed by atoms with Gasteiger partial charge in [0, 0.05) is 13.5 Å². The highest BCUT2D eigenvalue weighted by molar-refractivity contribution is 7.89. The molecule has 2 N–H and O–H groups in total. The van der Waals surface area contributed by atoms with Crippen LogP contribution in [0.25, 0.3) is 12.2 Å². The summed E-state index contributed by atoms with van der Waals surface area (Å²) in [6.07, 6.45) is 3.27. The normalized spacial score (nSPS) is 11.5. The Bertz CT molecular complexity index is 1260. The zero-order valence-electron chi connectivity index (χ0n) is 18.7. The third kappa shape index (κ3) is 5.99. The molecule has 0 bridgehead atoms. The van der Waals surface area contributed by atoms with Gasteiger partial charge >= 0.3 is 0 Å². The van der Waals surface area contributed by atoms with E-state index < -0.39 is 10.0 Å². The van der Waals surface area contributed by atoms with E-state index >= 15 is 0 Å². The molecule has 1 amide bonds. The third-order valence-corrected chi connectivity index (χ3v) is 6.14. The SMILES string of the molecule is COc1ccc(CNS(=O)(=O)c2cc(/C=C\c3onc(C)c3NC(C)=O)ccc2OC)cc1. The molecule has 0 saturated heterocycles. The lowest BCUT2D eigenvalue weighted by atomic mass is 10.2. The summed E-state index contributed by atoms with van der Waals surface area (Å²) in [5.41, 5.74) is 2.36. The van der Waals surface area contributed by atoms with Gasteiger partial charge in [-0.2, -0.15) is 0 Å². The molecule has 1 heterocycles. The number of carbonyl (C=O) groups is 1. The third-order valence-electron chi connectivity index (χ3n) is 4.72. The Kier molecular flexibility index (Phi) is 7.52. The lowest BCUT2D eigenvalue weighted by molar-refractivity contribution is -0.114. The highest BCUT2D eigenvalue weighted by Crippen LogP contribution is 2.27. The van der Waals surface area contributed by atoms with E-state index in [2.05, 4.69) is 15.2 Å². The van der Waals surface area contributed by atoms with Gasteiger partial charge in [-0.3, -0.25) is 4.79 Å². The van der Waals surface area contributed by atoms with Gasteiger partial charge in [-0.1, -0.05) is 29.4 Å². The standard InChI is InChI=1S/C23H25N3O6S/c1-15-23(25-16(2)27)21(32-26-15)12-8-17-7-11-20(31-4)22(13-17)33(28,29)24-14-18-5-9-19(30-3)10-6-18/h5-13,24H,14H2,1-4H3,(H,25,27)/b12-8-. The second-order valence-electron chi connectivity index (χ2n) is 7.10. The molecule has 9 nitrogen and oxygen atoms in total. The average molecular weight is 472 g/mol. The lowest BCUT2D eigenvalue weighted by Gasteiger charge is -2.12. The van der Waals surface area contributed by atoms with Crippen molar-refractivity contribution in [1.29, 1.82) is 0 Å². The quantitative estimate of drug-likeness (QED) is 0.489. The first-order chi connectivity index (χ1) is 15.7. The number of hydrogen-bond donors (Lipinski definition) is 2. The van der Waals surface area contributed by atoms with Crippen molar-refractivity contribution in [3.8, 4) is 11.5 Å². The van der Waals surface area contributed by atoms with E-state index in [0.717, 1.165) is 5.56 Å². The molecule has 33 heavy (non-hydrogen) atoms. The van der Waals surface area contributed by atoms with Gasteiger partial charge in [-0.15, -0.1) is 0 Å². The average Bonchev–Trinajstić information content (AvgIpc) is 3.15. The molecule has 3 aromatic rings. The second-order valence-corrected chi connectivity index (χ2v) is 8.84. The minimum atomic E-state index is -3.88. The van der Waals surface area contributed by atoms with Crippen molar-refractivity contribution in [2.75, 3.05) is 19.5 Å². The smallest absolute Gasteiger partial charge is 0.244 e. The number of benzene rings is 2. The number of aryl methyl sites for hydroxylation is 1. The first-order valence-electron chi connectivity index (χ1n) is 9.96. The number of hydrogen-bond acceptors (Lipinski definition) is 7. The van der Waals surface area contributed by atoms with Crippen LogP contribution in [0, 0.1) is 6.92 Å². The molecular weight excluding hydrogens is 446 g/mol. The van der Waals surface area contributed by atoms with Gasteiger partial charge in [0.2, 0.25) is 15.9 Å². The highest BCUT2D eigenvalue weighted by Gasteiger charge is 2.20. The van der Waals surface area contributed by atoms with Crippen LogP contribution in [0.15, 0.2) is 51.9 Å². The van der Waals surface area contributed by atoms with Crippen LogP contribution in [0.1, 0.15) is 29.5 Å². The molecule has 2 aromatic carbocycles. The van der Waals surface area contributed by atoms with Crippen molar-refractivity contribution in [1.82, 2.24) is 9.88 Å². The number of ether oxygens (including phenoxy) is 2. The number of nitrogens with one attached hydrogen (secondary N) is 2. The van der Waals surface area contributed by atoms with Crippen LogP contribution < -0.4 is 19.5 Å². The monoisotopic (exact) mass is 471 g/mol. The van der Waals surface area contributed by atoms with E-state index in [9.17, 15) is 13.2 Å². The minimum absolute atomic E-state index is 0.00324. The van der Waals surface area contributed by atoms with Crippen molar-refractivity contribution in [2.24, 2.45) is 0 Å². The Labute approximate surface area is 192 Å². The van der Waals surface area contributed by atoms with E-state index in [1.165, 1.54) is 20.1 Å². The number of rotatable bonds is 9. The Morgan fingerprint density at radius 1 is 1.09 bits per heavy atom. The fraction of sp³-hybridized carbons (Fsp3) is 0.217. The first-order valence-corrected chi connectivity index (χ1v) is 11.4. The van der Waals surface area contributed by atoms with Gasteiger partial charge in [-0.25, -0.2) is 13.1 Å². The fourth-order valence-corrected chi connectivity index (χ4v) is 4.23. The van der Waals surface area contributed by atoms with Crippen LogP contribution in [0.5, 0.6) is 11.5 Å². The summed E-state index contributed by atoms with van der Waals surface area (Å²) >= 11 is 0. The fourth-order valence-electron chi connectivity index (χ4n) is 3.01. The number of nitrogens with zero attached hydrogens (tertiary/aromatic N) is 1. The molecule has 0 aliphatic rings. The summed E-state index contributed by atoms with van der Waals surface area (Å²) in [4.78, 5) is 11.4. The zero-order valence-corrected chi connectivity index (χ0v) is 19.5. The van der Waals surface area contributed by atoms with E-state index in [1.807, 2.05) is 0 Å². The van der Waals surface area contributed by atoms with Crippen LogP contribution in [0.3, 0.4) is 0 Å². The van der Waals surface area contributed by atoms with Gasteiger partial charge in [0.15, 0.2) is 5.76 Å². The maximum Gasteiger partial charge on any atom is 0.244 e. The number of aromatic nitrogens is 1. The molecule has 0 saturated carbocycles. The molecular formula is C23H25N3O6S. The molecule has 10 heteroatoms. The predicted molar refractivity (Wildman–Crippen MR) is 124 cm³/mol. The molecule has 0 radical (unpaired) electrons.